The zero-order valence-electron chi connectivity index (χ0n) is 13.7. The highest BCUT2D eigenvalue weighted by Gasteiger charge is 2.36. The fourth-order valence-electron chi connectivity index (χ4n) is 2.56. The molecule has 2 atom stereocenters. The Morgan fingerprint density at radius 2 is 1.91 bits per heavy atom. The van der Waals surface area contributed by atoms with E-state index in [1.54, 1.807) is 6.08 Å². The number of benzene rings is 1. The van der Waals surface area contributed by atoms with Gasteiger partial charge in [0.2, 0.25) is 5.91 Å². The number of furan rings is 1. The van der Waals surface area contributed by atoms with Gasteiger partial charge in [-0.15, -0.1) is 0 Å². The quantitative estimate of drug-likeness (QED) is 0.845. The van der Waals surface area contributed by atoms with Crippen LogP contribution < -0.4 is 10.2 Å². The number of anilines is 2. The van der Waals surface area contributed by atoms with Crippen molar-refractivity contribution in [3.63, 3.8) is 0 Å². The Labute approximate surface area is 136 Å². The summed E-state index contributed by atoms with van der Waals surface area (Å²) in [5.74, 6) is 2.85. The highest BCUT2D eigenvalue weighted by atomic mass is 16.3. The number of amides is 1. The number of carbonyl (C=O) groups is 1. The minimum absolute atomic E-state index is 0.166. The second-order valence-corrected chi connectivity index (χ2v) is 6.32. The maximum absolute atomic E-state index is 12.0. The van der Waals surface area contributed by atoms with Gasteiger partial charge in [-0.3, -0.25) is 4.79 Å². The predicted molar refractivity (Wildman–Crippen MR) is 93.7 cm³/mol. The van der Waals surface area contributed by atoms with Crippen LogP contribution in [0.15, 0.2) is 46.9 Å². The van der Waals surface area contributed by atoms with Crippen LogP contribution in [-0.4, -0.2) is 20.0 Å². The van der Waals surface area contributed by atoms with E-state index in [0.717, 1.165) is 22.9 Å². The van der Waals surface area contributed by atoms with Crippen molar-refractivity contribution in [3.8, 4) is 0 Å². The molecule has 1 aromatic carbocycles. The lowest BCUT2D eigenvalue weighted by Gasteiger charge is -2.12. The van der Waals surface area contributed by atoms with Crippen LogP contribution in [0.4, 0.5) is 11.4 Å². The summed E-state index contributed by atoms with van der Waals surface area (Å²) in [6, 6.07) is 11.6. The molecule has 1 heterocycles. The third-order valence-corrected chi connectivity index (χ3v) is 4.17. The van der Waals surface area contributed by atoms with Crippen molar-refractivity contribution < 1.29 is 9.21 Å². The Bertz CT molecular complexity index is 713. The largest absolute Gasteiger partial charge is 0.461 e. The van der Waals surface area contributed by atoms with Crippen molar-refractivity contribution in [1.82, 2.24) is 0 Å². The number of hydrogen-bond donors (Lipinski definition) is 1. The Morgan fingerprint density at radius 1 is 1.22 bits per heavy atom. The van der Waals surface area contributed by atoms with Gasteiger partial charge in [0.25, 0.3) is 0 Å². The third-order valence-electron chi connectivity index (χ3n) is 4.17. The van der Waals surface area contributed by atoms with E-state index in [1.165, 1.54) is 12.5 Å². The molecule has 1 fully saturated rings. The first kappa shape index (κ1) is 15.4. The van der Waals surface area contributed by atoms with Crippen LogP contribution in [0.3, 0.4) is 0 Å². The number of hydrogen-bond acceptors (Lipinski definition) is 3. The Morgan fingerprint density at radius 3 is 2.52 bits per heavy atom. The lowest BCUT2D eigenvalue weighted by atomic mass is 10.2. The van der Waals surface area contributed by atoms with Crippen molar-refractivity contribution in [2.45, 2.75) is 19.3 Å². The monoisotopic (exact) mass is 310 g/mol. The van der Waals surface area contributed by atoms with E-state index < -0.39 is 0 Å². The van der Waals surface area contributed by atoms with Crippen molar-refractivity contribution in [3.05, 3.63) is 54.0 Å². The van der Waals surface area contributed by atoms with E-state index in [-0.39, 0.29) is 5.91 Å². The second-order valence-electron chi connectivity index (χ2n) is 6.32. The summed E-state index contributed by atoms with van der Waals surface area (Å²) in [6.45, 7) is 2.22. The van der Waals surface area contributed by atoms with Gasteiger partial charge in [0.1, 0.15) is 11.5 Å². The van der Waals surface area contributed by atoms with E-state index in [1.807, 2.05) is 55.4 Å². The highest BCUT2D eigenvalue weighted by Crippen LogP contribution is 2.47. The molecular weight excluding hydrogens is 288 g/mol. The molecule has 0 spiro atoms. The highest BCUT2D eigenvalue weighted by molar-refractivity contribution is 6.01. The average Bonchev–Trinajstić information content (AvgIpc) is 3.08. The molecule has 0 aliphatic heterocycles. The first-order valence-electron chi connectivity index (χ1n) is 7.89. The number of rotatable bonds is 5. The van der Waals surface area contributed by atoms with Crippen LogP contribution in [0.5, 0.6) is 0 Å². The molecule has 1 aliphatic carbocycles. The maximum atomic E-state index is 12.0. The predicted octanol–water partition coefficient (Wildman–Crippen LogP) is 4.12. The average molecular weight is 310 g/mol. The molecule has 0 unspecified atom stereocenters. The SMILES string of the molecule is C[C@@H]1C[C@H]1c1ccc(/C=C\C(=O)Nc2ccc(N(C)C)cc2)o1. The number of nitrogens with zero attached hydrogens (tertiary/aromatic N) is 1. The zero-order valence-corrected chi connectivity index (χ0v) is 13.7. The fourth-order valence-corrected chi connectivity index (χ4v) is 2.56. The normalized spacial score (nSPS) is 19.8. The minimum atomic E-state index is -0.166. The van der Waals surface area contributed by atoms with Crippen molar-refractivity contribution in [1.29, 1.82) is 0 Å². The molecule has 2 aromatic rings. The second kappa shape index (κ2) is 6.32. The summed E-state index contributed by atoms with van der Waals surface area (Å²) >= 11 is 0. The lowest BCUT2D eigenvalue weighted by Crippen LogP contribution is -2.10. The van der Waals surface area contributed by atoms with Gasteiger partial charge in [-0.05, 0) is 54.8 Å². The first-order valence-corrected chi connectivity index (χ1v) is 7.89. The standard InChI is InChI=1S/C19H22N2O2/c1-13-12-17(13)18-10-8-16(23-18)9-11-19(22)20-14-4-6-15(7-5-14)21(2)3/h4-11,13,17H,12H2,1-3H3,(H,20,22)/b11-9-/t13-,17-/m1/s1. The van der Waals surface area contributed by atoms with Gasteiger partial charge in [0.15, 0.2) is 0 Å². The van der Waals surface area contributed by atoms with Crippen molar-refractivity contribution in [2.24, 2.45) is 5.92 Å². The summed E-state index contributed by atoms with van der Waals surface area (Å²) in [5, 5.41) is 2.84. The molecule has 3 rings (SSSR count). The summed E-state index contributed by atoms with van der Waals surface area (Å²) in [5.41, 5.74) is 1.87. The molecule has 0 radical (unpaired) electrons. The fraction of sp³-hybridized carbons (Fsp3) is 0.316. The van der Waals surface area contributed by atoms with Gasteiger partial charge in [0.05, 0.1) is 0 Å². The summed E-state index contributed by atoms with van der Waals surface area (Å²) in [6.07, 6.45) is 4.40. The van der Waals surface area contributed by atoms with Crippen LogP contribution in [-0.2, 0) is 4.79 Å². The topological polar surface area (TPSA) is 45.5 Å². The molecular formula is C19H22N2O2. The summed E-state index contributed by atoms with van der Waals surface area (Å²) in [7, 11) is 3.96. The number of nitrogens with one attached hydrogen (secondary N) is 1. The smallest absolute Gasteiger partial charge is 0.248 e. The zero-order chi connectivity index (χ0) is 16.4. The molecule has 0 bridgehead atoms. The number of carbonyl (C=O) groups excluding carboxylic acids is 1. The molecule has 1 aliphatic rings. The molecule has 4 heteroatoms. The Kier molecular flexibility index (Phi) is 4.24. The van der Waals surface area contributed by atoms with Gasteiger partial charge >= 0.3 is 0 Å². The van der Waals surface area contributed by atoms with Crippen LogP contribution in [0.1, 0.15) is 30.8 Å². The maximum Gasteiger partial charge on any atom is 0.248 e. The summed E-state index contributed by atoms with van der Waals surface area (Å²) < 4.78 is 5.75. The minimum Gasteiger partial charge on any atom is -0.461 e. The van der Waals surface area contributed by atoms with Crippen LogP contribution >= 0.6 is 0 Å². The molecule has 120 valence electrons. The molecule has 1 saturated carbocycles. The van der Waals surface area contributed by atoms with Gasteiger partial charge in [-0.25, -0.2) is 0 Å². The van der Waals surface area contributed by atoms with E-state index in [2.05, 4.69) is 12.2 Å². The Hall–Kier alpha value is -2.49. The molecule has 0 saturated heterocycles. The van der Waals surface area contributed by atoms with Crippen LogP contribution in [0.25, 0.3) is 6.08 Å². The van der Waals surface area contributed by atoms with E-state index in [0.29, 0.717) is 11.8 Å². The molecule has 1 aromatic heterocycles. The van der Waals surface area contributed by atoms with Gasteiger partial charge in [0, 0.05) is 37.5 Å². The van der Waals surface area contributed by atoms with Crippen molar-refractivity contribution in [2.75, 3.05) is 24.3 Å². The van der Waals surface area contributed by atoms with Gasteiger partial charge in [-0.2, -0.15) is 0 Å². The van der Waals surface area contributed by atoms with Crippen LogP contribution in [0.2, 0.25) is 0 Å². The molecule has 1 N–H and O–H groups in total. The summed E-state index contributed by atoms with van der Waals surface area (Å²) in [4.78, 5) is 14.0. The lowest BCUT2D eigenvalue weighted by molar-refractivity contribution is -0.111. The molecule has 23 heavy (non-hydrogen) atoms. The van der Waals surface area contributed by atoms with E-state index in [9.17, 15) is 4.79 Å². The van der Waals surface area contributed by atoms with E-state index in [4.69, 9.17) is 4.42 Å². The van der Waals surface area contributed by atoms with Crippen molar-refractivity contribution >= 4 is 23.4 Å². The van der Waals surface area contributed by atoms with Gasteiger partial charge < -0.3 is 14.6 Å². The van der Waals surface area contributed by atoms with E-state index >= 15 is 0 Å². The van der Waals surface area contributed by atoms with Gasteiger partial charge in [-0.1, -0.05) is 6.92 Å². The third kappa shape index (κ3) is 3.83. The molecule has 1 amide bonds. The molecule has 4 nitrogen and oxygen atoms in total. The Balaban J connectivity index is 1.57. The first-order chi connectivity index (χ1) is 11.0. The van der Waals surface area contributed by atoms with Crippen LogP contribution in [0, 0.1) is 5.92 Å².